The number of piperidine rings is 1. The van der Waals surface area contributed by atoms with E-state index in [1.807, 2.05) is 0 Å². The number of sulfonamides is 1. The first kappa shape index (κ1) is 19.5. The summed E-state index contributed by atoms with van der Waals surface area (Å²) < 4.78 is 66.4. The van der Waals surface area contributed by atoms with Gasteiger partial charge in [-0.05, 0) is 38.1 Å². The highest BCUT2D eigenvalue weighted by molar-refractivity contribution is 7.89. The van der Waals surface area contributed by atoms with Gasteiger partial charge in [-0.2, -0.15) is 4.31 Å². The third-order valence-corrected chi connectivity index (χ3v) is 6.36. The van der Waals surface area contributed by atoms with E-state index in [1.54, 1.807) is 0 Å². The number of benzene rings is 1. The van der Waals surface area contributed by atoms with Crippen molar-refractivity contribution in [3.63, 3.8) is 0 Å². The molecule has 1 N–H and O–H groups in total. The van der Waals surface area contributed by atoms with Crippen molar-refractivity contribution in [2.75, 3.05) is 19.6 Å². The Morgan fingerprint density at radius 2 is 1.58 bits per heavy atom. The fraction of sp³-hybridized carbons (Fsp3) is 0.600. The number of hydrogen-bond donors (Lipinski definition) is 1. The van der Waals surface area contributed by atoms with Crippen LogP contribution in [0.5, 0.6) is 0 Å². The van der Waals surface area contributed by atoms with E-state index in [0.717, 1.165) is 16.8 Å². The molecule has 0 unspecified atom stereocenters. The van der Waals surface area contributed by atoms with E-state index in [4.69, 9.17) is 0 Å². The number of rotatable bonds is 5. The Morgan fingerprint density at radius 1 is 1.04 bits per heavy atom. The number of halogens is 4. The van der Waals surface area contributed by atoms with E-state index in [0.29, 0.717) is 25.0 Å². The zero-order chi connectivity index (χ0) is 16.6. The summed E-state index contributed by atoms with van der Waals surface area (Å²) in [5.74, 6) is -3.19. The number of nitrogens with one attached hydrogen (secondary N) is 1. The minimum absolute atomic E-state index is 0. The van der Waals surface area contributed by atoms with Crippen molar-refractivity contribution in [2.45, 2.75) is 36.6 Å². The highest BCUT2D eigenvalue weighted by Gasteiger charge is 2.34. The van der Waals surface area contributed by atoms with E-state index in [9.17, 15) is 21.6 Å². The molecule has 1 heterocycles. The highest BCUT2D eigenvalue weighted by atomic mass is 35.5. The molecular formula is C15H20ClF3N2O2S. The van der Waals surface area contributed by atoms with Crippen molar-refractivity contribution in [1.29, 1.82) is 0 Å². The Morgan fingerprint density at radius 3 is 2.08 bits per heavy atom. The maximum Gasteiger partial charge on any atom is 0.248 e. The molecule has 1 aromatic rings. The third kappa shape index (κ3) is 4.22. The zero-order valence-electron chi connectivity index (χ0n) is 13.0. The van der Waals surface area contributed by atoms with Crippen molar-refractivity contribution in [3.05, 3.63) is 29.6 Å². The van der Waals surface area contributed by atoms with Crippen LogP contribution in [0.15, 0.2) is 17.0 Å². The van der Waals surface area contributed by atoms with Gasteiger partial charge in [0.05, 0.1) is 0 Å². The average Bonchev–Trinajstić information content (AvgIpc) is 3.28. The molecule has 136 valence electrons. The molecule has 0 radical (unpaired) electrons. The molecule has 0 aromatic heterocycles. The first-order chi connectivity index (χ1) is 10.9. The quantitative estimate of drug-likeness (QED) is 0.849. The lowest BCUT2D eigenvalue weighted by Crippen LogP contribution is -2.45. The highest BCUT2D eigenvalue weighted by Crippen LogP contribution is 2.29. The second kappa shape index (κ2) is 7.59. The number of nitrogens with zero attached hydrogens (tertiary/aromatic N) is 1. The summed E-state index contributed by atoms with van der Waals surface area (Å²) >= 11 is 0. The first-order valence-corrected chi connectivity index (χ1v) is 9.20. The zero-order valence-corrected chi connectivity index (χ0v) is 14.6. The lowest BCUT2D eigenvalue weighted by Gasteiger charge is -2.31. The molecule has 24 heavy (non-hydrogen) atoms. The fourth-order valence-electron chi connectivity index (χ4n) is 2.86. The molecule has 3 rings (SSSR count). The molecule has 0 bridgehead atoms. The van der Waals surface area contributed by atoms with Crippen LogP contribution in [-0.2, 0) is 10.0 Å². The van der Waals surface area contributed by atoms with Gasteiger partial charge in [0.25, 0.3) is 0 Å². The van der Waals surface area contributed by atoms with E-state index >= 15 is 0 Å². The van der Waals surface area contributed by atoms with Gasteiger partial charge >= 0.3 is 0 Å². The predicted octanol–water partition coefficient (Wildman–Crippen LogP) is 2.68. The smallest absolute Gasteiger partial charge is 0.248 e. The van der Waals surface area contributed by atoms with Gasteiger partial charge in [0.15, 0.2) is 4.90 Å². The first-order valence-electron chi connectivity index (χ1n) is 7.76. The van der Waals surface area contributed by atoms with Gasteiger partial charge in [-0.1, -0.05) is 0 Å². The molecule has 0 atom stereocenters. The Labute approximate surface area is 145 Å². The van der Waals surface area contributed by atoms with Gasteiger partial charge in [-0.15, -0.1) is 12.4 Å². The van der Waals surface area contributed by atoms with Crippen LogP contribution in [0.2, 0.25) is 0 Å². The molecule has 0 spiro atoms. The second-order valence-electron chi connectivity index (χ2n) is 6.23. The lowest BCUT2D eigenvalue weighted by molar-refractivity contribution is 0.286. The molecule has 0 amide bonds. The Kier molecular flexibility index (Phi) is 6.17. The summed E-state index contributed by atoms with van der Waals surface area (Å²) in [4.78, 5) is -1.07. The maximum absolute atomic E-state index is 13.8. The minimum Gasteiger partial charge on any atom is -0.314 e. The van der Waals surface area contributed by atoms with Crippen LogP contribution in [0.25, 0.3) is 0 Å². The monoisotopic (exact) mass is 384 g/mol. The van der Waals surface area contributed by atoms with Gasteiger partial charge in [-0.25, -0.2) is 21.6 Å². The van der Waals surface area contributed by atoms with Gasteiger partial charge in [0.2, 0.25) is 10.0 Å². The Balaban J connectivity index is 0.00000208. The minimum atomic E-state index is -4.29. The molecule has 1 aliphatic carbocycles. The van der Waals surface area contributed by atoms with Crippen LogP contribution in [0.3, 0.4) is 0 Å². The second-order valence-corrected chi connectivity index (χ2v) is 8.10. The summed E-state index contributed by atoms with van der Waals surface area (Å²) in [5.41, 5.74) is 0. The lowest BCUT2D eigenvalue weighted by atomic mass is 10.1. The molecule has 9 heteroatoms. The van der Waals surface area contributed by atoms with Crippen molar-refractivity contribution in [1.82, 2.24) is 9.62 Å². The van der Waals surface area contributed by atoms with Crippen molar-refractivity contribution in [2.24, 2.45) is 5.92 Å². The van der Waals surface area contributed by atoms with Crippen molar-refractivity contribution >= 4 is 22.4 Å². The van der Waals surface area contributed by atoms with Crippen LogP contribution >= 0.6 is 12.4 Å². The molecule has 1 saturated carbocycles. The molecule has 4 nitrogen and oxygen atoms in total. The summed E-state index contributed by atoms with van der Waals surface area (Å²) in [5, 5.41) is 3.41. The molecular weight excluding hydrogens is 365 g/mol. The normalized spacial score (nSPS) is 20.0. The Bertz CT molecular complexity index is 667. The van der Waals surface area contributed by atoms with Crippen LogP contribution in [0.4, 0.5) is 13.2 Å². The summed E-state index contributed by atoms with van der Waals surface area (Å²) in [7, 11) is -4.29. The SMILES string of the molecule is Cl.O=S(=O)(c1c(F)cc(F)cc1F)N1CCC(NCC2CC2)CC1. The van der Waals surface area contributed by atoms with Gasteiger partial charge in [-0.3, -0.25) is 0 Å². The van der Waals surface area contributed by atoms with Crippen LogP contribution < -0.4 is 5.32 Å². The van der Waals surface area contributed by atoms with E-state index in [1.165, 1.54) is 12.8 Å². The predicted molar refractivity (Wildman–Crippen MR) is 86.1 cm³/mol. The van der Waals surface area contributed by atoms with Crippen LogP contribution in [0.1, 0.15) is 25.7 Å². The van der Waals surface area contributed by atoms with Crippen LogP contribution in [0, 0.1) is 23.4 Å². The topological polar surface area (TPSA) is 49.4 Å². The summed E-state index contributed by atoms with van der Waals surface area (Å²) in [6.45, 7) is 1.33. The summed E-state index contributed by atoms with van der Waals surface area (Å²) in [6, 6.07) is 1.00. The third-order valence-electron chi connectivity index (χ3n) is 4.41. The van der Waals surface area contributed by atoms with Crippen LogP contribution in [-0.4, -0.2) is 38.4 Å². The van der Waals surface area contributed by atoms with Gasteiger partial charge in [0, 0.05) is 31.3 Å². The van der Waals surface area contributed by atoms with E-state index < -0.39 is 32.4 Å². The molecule has 2 fully saturated rings. The van der Waals surface area contributed by atoms with E-state index in [2.05, 4.69) is 5.32 Å². The van der Waals surface area contributed by atoms with Crippen molar-refractivity contribution in [3.8, 4) is 0 Å². The van der Waals surface area contributed by atoms with Crippen molar-refractivity contribution < 1.29 is 21.6 Å². The number of hydrogen-bond acceptors (Lipinski definition) is 3. The van der Waals surface area contributed by atoms with Gasteiger partial charge in [0.1, 0.15) is 17.5 Å². The Hall–Kier alpha value is -0.830. The summed E-state index contributed by atoms with van der Waals surface area (Å²) in [6.07, 6.45) is 3.67. The fourth-order valence-corrected chi connectivity index (χ4v) is 4.42. The molecule has 1 aliphatic heterocycles. The maximum atomic E-state index is 13.8. The molecule has 1 aromatic carbocycles. The van der Waals surface area contributed by atoms with Gasteiger partial charge < -0.3 is 5.32 Å². The largest absolute Gasteiger partial charge is 0.314 e. The standard InChI is InChI=1S/C15H19F3N2O2S.ClH/c16-11-7-13(17)15(14(18)8-11)23(21,22)20-5-3-12(4-6-20)19-9-10-1-2-10;/h7-8,10,12,19H,1-6,9H2;1H. The molecule has 2 aliphatic rings. The molecule has 1 saturated heterocycles. The average molecular weight is 385 g/mol. The van der Waals surface area contributed by atoms with E-state index in [-0.39, 0.29) is 31.5 Å².